The Balaban J connectivity index is 1.97. The summed E-state index contributed by atoms with van der Waals surface area (Å²) >= 11 is 1.38. The minimum absolute atomic E-state index is 0.0433. The number of carbonyl (C=O) groups is 1. The highest BCUT2D eigenvalue weighted by molar-refractivity contribution is 7.14. The van der Waals surface area contributed by atoms with Crippen molar-refractivity contribution >= 4 is 22.5 Å². The first-order valence-electron chi connectivity index (χ1n) is 7.77. The molecule has 0 fully saturated rings. The van der Waals surface area contributed by atoms with E-state index >= 15 is 0 Å². The zero-order valence-corrected chi connectivity index (χ0v) is 14.1. The summed E-state index contributed by atoms with van der Waals surface area (Å²) < 4.78 is 0. The highest BCUT2D eigenvalue weighted by Gasteiger charge is 2.14. The molecule has 0 saturated heterocycles. The number of amides is 2. The van der Waals surface area contributed by atoms with Crippen molar-refractivity contribution in [2.75, 3.05) is 25.0 Å². The summed E-state index contributed by atoms with van der Waals surface area (Å²) in [5.74, 6) is 0. The Hall–Kier alpha value is -1.99. The highest BCUT2D eigenvalue weighted by Crippen LogP contribution is 2.24. The van der Waals surface area contributed by atoms with E-state index in [1.54, 1.807) is 17.3 Å². The maximum Gasteiger partial charge on any atom is 0.323 e. The number of hydrogen-bond acceptors (Lipinski definition) is 5. The number of anilines is 1. The Morgan fingerprint density at radius 3 is 2.96 bits per heavy atom. The molecule has 0 aliphatic carbocycles. The van der Waals surface area contributed by atoms with Gasteiger partial charge < -0.3 is 10.0 Å². The molecule has 0 bridgehead atoms. The van der Waals surface area contributed by atoms with Gasteiger partial charge in [0.05, 0.1) is 12.3 Å². The molecular weight excluding hydrogens is 312 g/mol. The fraction of sp³-hybridized carbons (Fsp3) is 0.438. The second-order valence-electron chi connectivity index (χ2n) is 5.13. The van der Waals surface area contributed by atoms with Crippen LogP contribution < -0.4 is 5.32 Å². The van der Waals surface area contributed by atoms with Crippen LogP contribution in [0.2, 0.25) is 0 Å². The van der Waals surface area contributed by atoms with Crippen LogP contribution in [-0.2, 0) is 0 Å². The maximum atomic E-state index is 12.3. The lowest BCUT2D eigenvalue weighted by molar-refractivity contribution is 0.187. The summed E-state index contributed by atoms with van der Waals surface area (Å²) in [6.45, 7) is 3.04. The Kier molecular flexibility index (Phi) is 6.96. The molecule has 2 amide bonds. The van der Waals surface area contributed by atoms with E-state index < -0.39 is 0 Å². The van der Waals surface area contributed by atoms with Crippen LogP contribution in [0, 0.1) is 0 Å². The lowest BCUT2D eigenvalue weighted by Gasteiger charge is -2.21. The summed E-state index contributed by atoms with van der Waals surface area (Å²) in [5.41, 5.74) is 1.71. The summed E-state index contributed by atoms with van der Waals surface area (Å²) in [6, 6.07) is 3.56. The zero-order chi connectivity index (χ0) is 16.5. The van der Waals surface area contributed by atoms with Gasteiger partial charge in [-0.3, -0.25) is 10.3 Å². The number of pyridine rings is 1. The number of aliphatic hydroxyl groups excluding tert-OH is 1. The summed E-state index contributed by atoms with van der Waals surface area (Å²) in [7, 11) is 0. The second-order valence-corrected chi connectivity index (χ2v) is 5.99. The molecule has 0 saturated carbocycles. The second kappa shape index (κ2) is 9.22. The third-order valence-corrected chi connectivity index (χ3v) is 4.12. The number of carbonyl (C=O) groups excluding carboxylic acids is 1. The molecule has 0 aromatic carbocycles. The van der Waals surface area contributed by atoms with Gasteiger partial charge in [-0.05, 0) is 18.6 Å². The number of nitrogens with one attached hydrogen (secondary N) is 1. The Labute approximate surface area is 140 Å². The van der Waals surface area contributed by atoms with Crippen molar-refractivity contribution in [3.8, 4) is 11.3 Å². The molecule has 0 aliphatic rings. The van der Waals surface area contributed by atoms with Crippen molar-refractivity contribution in [1.29, 1.82) is 0 Å². The summed E-state index contributed by atoms with van der Waals surface area (Å²) in [4.78, 5) is 22.4. The zero-order valence-electron chi connectivity index (χ0n) is 13.2. The van der Waals surface area contributed by atoms with E-state index in [4.69, 9.17) is 5.11 Å². The van der Waals surface area contributed by atoms with Gasteiger partial charge in [-0.15, -0.1) is 11.3 Å². The number of thiazole rings is 1. The smallest absolute Gasteiger partial charge is 0.323 e. The van der Waals surface area contributed by atoms with Gasteiger partial charge in [-0.2, -0.15) is 0 Å². The minimum atomic E-state index is -0.220. The van der Waals surface area contributed by atoms with Crippen LogP contribution in [0.5, 0.6) is 0 Å². The van der Waals surface area contributed by atoms with E-state index in [-0.39, 0.29) is 12.6 Å². The molecule has 2 heterocycles. The molecule has 0 atom stereocenters. The lowest BCUT2D eigenvalue weighted by Crippen LogP contribution is -2.37. The van der Waals surface area contributed by atoms with Crippen LogP contribution in [0.1, 0.15) is 26.2 Å². The average Bonchev–Trinajstić information content (AvgIpc) is 3.03. The third kappa shape index (κ3) is 5.30. The molecule has 6 nitrogen and oxygen atoms in total. The number of unbranched alkanes of at least 4 members (excludes halogenated alkanes) is 2. The molecule has 0 unspecified atom stereocenters. The van der Waals surface area contributed by atoms with Crippen LogP contribution in [0.25, 0.3) is 11.3 Å². The quantitative estimate of drug-likeness (QED) is 0.727. The largest absolute Gasteiger partial charge is 0.395 e. The van der Waals surface area contributed by atoms with E-state index in [1.807, 2.05) is 17.5 Å². The van der Waals surface area contributed by atoms with Gasteiger partial charge in [0, 0.05) is 36.4 Å². The summed E-state index contributed by atoms with van der Waals surface area (Å²) in [5, 5.41) is 14.4. The first-order valence-corrected chi connectivity index (χ1v) is 8.65. The van der Waals surface area contributed by atoms with Crippen LogP contribution >= 0.6 is 11.3 Å². The molecule has 2 aromatic heterocycles. The van der Waals surface area contributed by atoms with E-state index in [2.05, 4.69) is 22.2 Å². The third-order valence-electron chi connectivity index (χ3n) is 3.36. The molecule has 23 heavy (non-hydrogen) atoms. The van der Waals surface area contributed by atoms with Crippen molar-refractivity contribution in [2.24, 2.45) is 0 Å². The minimum Gasteiger partial charge on any atom is -0.395 e. The Bertz CT molecular complexity index is 603. The van der Waals surface area contributed by atoms with Gasteiger partial charge in [0.15, 0.2) is 5.13 Å². The fourth-order valence-electron chi connectivity index (χ4n) is 2.14. The number of rotatable bonds is 8. The number of nitrogens with zero attached hydrogens (tertiary/aromatic N) is 3. The molecule has 124 valence electrons. The number of hydrogen-bond donors (Lipinski definition) is 2. The molecule has 0 aliphatic heterocycles. The van der Waals surface area contributed by atoms with Crippen molar-refractivity contribution in [1.82, 2.24) is 14.9 Å². The van der Waals surface area contributed by atoms with Crippen LogP contribution in [-0.4, -0.2) is 45.7 Å². The molecular formula is C16H22N4O2S. The van der Waals surface area contributed by atoms with Crippen molar-refractivity contribution in [3.05, 3.63) is 29.9 Å². The van der Waals surface area contributed by atoms with Crippen LogP contribution in [0.15, 0.2) is 29.9 Å². The monoisotopic (exact) mass is 334 g/mol. The van der Waals surface area contributed by atoms with Gasteiger partial charge in [0.1, 0.15) is 0 Å². The average molecular weight is 334 g/mol. The van der Waals surface area contributed by atoms with Crippen molar-refractivity contribution in [3.63, 3.8) is 0 Å². The van der Waals surface area contributed by atoms with E-state index in [1.165, 1.54) is 11.3 Å². The van der Waals surface area contributed by atoms with Crippen molar-refractivity contribution in [2.45, 2.75) is 26.2 Å². The molecule has 2 N–H and O–H groups in total. The fourth-order valence-corrected chi connectivity index (χ4v) is 2.85. The number of aromatic nitrogens is 2. The lowest BCUT2D eigenvalue weighted by atomic mass is 10.2. The number of aliphatic hydroxyl groups is 1. The first-order chi connectivity index (χ1) is 11.2. The van der Waals surface area contributed by atoms with E-state index in [0.717, 1.165) is 30.5 Å². The SMILES string of the molecule is CCCCCN(CCO)C(=O)Nc1nc(-c2cccnc2)cs1. The predicted octanol–water partition coefficient (Wildman–Crippen LogP) is 3.22. The predicted molar refractivity (Wildman–Crippen MR) is 92.5 cm³/mol. The van der Waals surface area contributed by atoms with E-state index in [0.29, 0.717) is 18.2 Å². The van der Waals surface area contributed by atoms with Gasteiger partial charge in [0.2, 0.25) is 0 Å². The highest BCUT2D eigenvalue weighted by atomic mass is 32.1. The maximum absolute atomic E-state index is 12.3. The van der Waals surface area contributed by atoms with Crippen LogP contribution in [0.3, 0.4) is 0 Å². The number of urea groups is 1. The Morgan fingerprint density at radius 1 is 1.39 bits per heavy atom. The van der Waals surface area contributed by atoms with Crippen LogP contribution in [0.4, 0.5) is 9.93 Å². The Morgan fingerprint density at radius 2 is 2.26 bits per heavy atom. The molecule has 7 heteroatoms. The topological polar surface area (TPSA) is 78.4 Å². The van der Waals surface area contributed by atoms with Gasteiger partial charge in [0.25, 0.3) is 0 Å². The summed E-state index contributed by atoms with van der Waals surface area (Å²) in [6.07, 6.45) is 6.54. The molecule has 0 spiro atoms. The van der Waals surface area contributed by atoms with Gasteiger partial charge >= 0.3 is 6.03 Å². The van der Waals surface area contributed by atoms with Gasteiger partial charge in [-0.1, -0.05) is 19.8 Å². The molecule has 2 rings (SSSR count). The standard InChI is InChI=1S/C16H22N4O2S/c1-2-3-4-8-20(9-10-21)16(22)19-15-18-14(12-23-15)13-6-5-7-17-11-13/h5-7,11-12,21H,2-4,8-10H2,1H3,(H,18,19,22). The van der Waals surface area contributed by atoms with E-state index in [9.17, 15) is 4.79 Å². The first kappa shape index (κ1) is 17.4. The molecule has 0 radical (unpaired) electrons. The van der Waals surface area contributed by atoms with Gasteiger partial charge in [-0.25, -0.2) is 9.78 Å². The molecule has 2 aromatic rings. The normalized spacial score (nSPS) is 10.5. The van der Waals surface area contributed by atoms with Crippen molar-refractivity contribution < 1.29 is 9.90 Å².